The lowest BCUT2D eigenvalue weighted by Gasteiger charge is -2.43. The summed E-state index contributed by atoms with van der Waals surface area (Å²) in [6, 6.07) is 22.0. The molecule has 234 valence electrons. The molecular weight excluding hydrogens is 529 g/mol. The molecule has 0 atom stereocenters. The van der Waals surface area contributed by atoms with Crippen LogP contribution in [0.2, 0.25) is 5.04 Å². The Morgan fingerprint density at radius 2 is 0.881 bits per heavy atom. The van der Waals surface area contributed by atoms with Crippen molar-refractivity contribution >= 4 is 18.7 Å². The molecule has 2 aromatic rings. The fraction of sp³-hybridized carbons (Fsp3) is 0.641. The van der Waals surface area contributed by atoms with Gasteiger partial charge in [0.25, 0.3) is 8.32 Å². The average Bonchev–Trinajstić information content (AvgIpc) is 3.00. The summed E-state index contributed by atoms with van der Waals surface area (Å²) < 4.78 is 7.04. The van der Waals surface area contributed by atoms with Crippen molar-refractivity contribution in [3.05, 3.63) is 60.7 Å². The topological polar surface area (TPSA) is 29.5 Å². The third kappa shape index (κ3) is 14.1. The van der Waals surface area contributed by atoms with E-state index in [1.165, 1.54) is 120 Å². The Bertz CT molecular complexity index is 915. The van der Waals surface area contributed by atoms with E-state index < -0.39 is 8.32 Å². The van der Waals surface area contributed by atoms with Gasteiger partial charge >= 0.3 is 0 Å². The Balaban J connectivity index is 1.48. The van der Waals surface area contributed by atoms with Crippen molar-refractivity contribution in [3.8, 4) is 11.8 Å². The number of aliphatic hydroxyl groups is 1. The molecule has 0 bridgehead atoms. The summed E-state index contributed by atoms with van der Waals surface area (Å²) in [7, 11) is -2.38. The van der Waals surface area contributed by atoms with E-state index in [4.69, 9.17) is 9.53 Å². The molecule has 0 spiro atoms. The zero-order valence-electron chi connectivity index (χ0n) is 27.5. The second-order valence-electron chi connectivity index (χ2n) is 13.1. The van der Waals surface area contributed by atoms with Gasteiger partial charge in [-0.2, -0.15) is 0 Å². The van der Waals surface area contributed by atoms with Crippen LogP contribution in [0.3, 0.4) is 0 Å². The highest BCUT2D eigenvalue weighted by Crippen LogP contribution is 2.36. The van der Waals surface area contributed by atoms with Crippen molar-refractivity contribution in [2.45, 2.75) is 148 Å². The second-order valence-corrected chi connectivity index (χ2v) is 17.4. The molecule has 0 aliphatic heterocycles. The van der Waals surface area contributed by atoms with E-state index in [9.17, 15) is 0 Å². The summed E-state index contributed by atoms with van der Waals surface area (Å²) in [5.41, 5.74) is 0. The first-order chi connectivity index (χ1) is 20.5. The van der Waals surface area contributed by atoms with Crippen molar-refractivity contribution in [1.82, 2.24) is 0 Å². The molecule has 2 aromatic carbocycles. The van der Waals surface area contributed by atoms with E-state index in [1.54, 1.807) is 0 Å². The van der Waals surface area contributed by atoms with Gasteiger partial charge in [0.05, 0.1) is 0 Å². The van der Waals surface area contributed by atoms with Crippen LogP contribution in [-0.2, 0) is 4.43 Å². The van der Waals surface area contributed by atoms with Crippen LogP contribution >= 0.6 is 0 Å². The van der Waals surface area contributed by atoms with E-state index >= 15 is 0 Å². The molecule has 0 aliphatic rings. The van der Waals surface area contributed by atoms with E-state index in [-0.39, 0.29) is 11.6 Å². The Morgan fingerprint density at radius 1 is 0.524 bits per heavy atom. The predicted octanol–water partition coefficient (Wildman–Crippen LogP) is 9.97. The van der Waals surface area contributed by atoms with Gasteiger partial charge in [-0.1, -0.05) is 190 Å². The first kappa shape index (κ1) is 36.3. The summed E-state index contributed by atoms with van der Waals surface area (Å²) in [6.45, 7) is 7.95. The molecule has 1 N–H and O–H groups in total. The maximum atomic E-state index is 8.64. The lowest BCUT2D eigenvalue weighted by Crippen LogP contribution is -2.66. The number of rotatable bonds is 23. The van der Waals surface area contributed by atoms with Crippen molar-refractivity contribution in [2.75, 3.05) is 13.2 Å². The van der Waals surface area contributed by atoms with Crippen molar-refractivity contribution in [3.63, 3.8) is 0 Å². The number of hydrogen-bond acceptors (Lipinski definition) is 2. The molecular formula is C39H62O2Si. The minimum absolute atomic E-state index is 0.00304. The van der Waals surface area contributed by atoms with E-state index in [1.807, 2.05) is 0 Å². The molecule has 2 rings (SSSR count). The Labute approximate surface area is 261 Å². The van der Waals surface area contributed by atoms with E-state index in [0.717, 1.165) is 19.4 Å². The summed E-state index contributed by atoms with van der Waals surface area (Å²) in [5, 5.41) is 11.5. The summed E-state index contributed by atoms with van der Waals surface area (Å²) in [6.07, 6.45) is 25.4. The van der Waals surface area contributed by atoms with Gasteiger partial charge in [0.2, 0.25) is 0 Å². The van der Waals surface area contributed by atoms with Crippen LogP contribution in [0.1, 0.15) is 143 Å². The van der Waals surface area contributed by atoms with Crippen LogP contribution in [0.15, 0.2) is 60.7 Å². The lowest BCUT2D eigenvalue weighted by atomic mass is 10.0. The number of benzene rings is 2. The van der Waals surface area contributed by atoms with Gasteiger partial charge in [-0.05, 0) is 28.3 Å². The van der Waals surface area contributed by atoms with Crippen molar-refractivity contribution < 1.29 is 9.53 Å². The zero-order valence-corrected chi connectivity index (χ0v) is 28.5. The smallest absolute Gasteiger partial charge is 0.261 e. The fourth-order valence-corrected chi connectivity index (χ4v) is 10.9. The normalized spacial score (nSPS) is 11.8. The Kier molecular flexibility index (Phi) is 19.6. The Morgan fingerprint density at radius 3 is 1.24 bits per heavy atom. The zero-order chi connectivity index (χ0) is 30.2. The van der Waals surface area contributed by atoms with Gasteiger partial charge in [0.15, 0.2) is 0 Å². The third-order valence-electron chi connectivity index (χ3n) is 8.64. The van der Waals surface area contributed by atoms with Gasteiger partial charge < -0.3 is 9.53 Å². The highest BCUT2D eigenvalue weighted by atomic mass is 28.4. The maximum absolute atomic E-state index is 8.64. The largest absolute Gasteiger partial charge is 0.407 e. The SMILES string of the molecule is CC(C)(C)[Si](OCCCCCCCCCCCCCCCCCCCCC#CCO)(c1ccccc1)c1ccccc1. The molecule has 0 unspecified atom stereocenters. The molecule has 0 heterocycles. The van der Waals surface area contributed by atoms with Crippen LogP contribution in [0, 0.1) is 11.8 Å². The molecule has 0 saturated heterocycles. The quantitative estimate of drug-likeness (QED) is 0.0793. The first-order valence-electron chi connectivity index (χ1n) is 17.3. The van der Waals surface area contributed by atoms with E-state index in [2.05, 4.69) is 93.3 Å². The Hall–Kier alpha value is -1.86. The minimum atomic E-state index is -2.38. The second kappa shape index (κ2) is 22.6. The average molecular weight is 591 g/mol. The third-order valence-corrected chi connectivity index (χ3v) is 13.7. The summed E-state index contributed by atoms with van der Waals surface area (Å²) in [4.78, 5) is 0. The number of unbranched alkanes of at least 4 members (excludes halogenated alkanes) is 18. The fourth-order valence-electron chi connectivity index (χ4n) is 6.28. The van der Waals surface area contributed by atoms with Gasteiger partial charge in [-0.25, -0.2) is 0 Å². The predicted molar refractivity (Wildman–Crippen MR) is 186 cm³/mol. The number of hydrogen-bond donors (Lipinski definition) is 1. The lowest BCUT2D eigenvalue weighted by molar-refractivity contribution is 0.286. The summed E-state index contributed by atoms with van der Waals surface area (Å²) >= 11 is 0. The molecule has 0 saturated carbocycles. The van der Waals surface area contributed by atoms with Gasteiger partial charge in [-0.3, -0.25) is 0 Å². The first-order valence-corrected chi connectivity index (χ1v) is 19.2. The maximum Gasteiger partial charge on any atom is 0.261 e. The number of aliphatic hydroxyl groups excluding tert-OH is 1. The standard InChI is InChI=1S/C39H62O2Si/c1-39(2,3)42(37-31-25-23-26-32-37,38-33-27-24-28-34-38)41-36-30-22-20-18-16-14-12-10-8-6-4-5-7-9-11-13-15-17-19-21-29-35-40/h23-28,31-34,40H,4-20,22,30,35-36H2,1-3H3. The molecule has 42 heavy (non-hydrogen) atoms. The van der Waals surface area contributed by atoms with Crippen LogP contribution in [0.5, 0.6) is 0 Å². The molecule has 0 fully saturated rings. The molecule has 0 amide bonds. The molecule has 0 radical (unpaired) electrons. The molecule has 0 aromatic heterocycles. The monoisotopic (exact) mass is 590 g/mol. The van der Waals surface area contributed by atoms with Crippen LogP contribution in [-0.4, -0.2) is 26.6 Å². The van der Waals surface area contributed by atoms with Crippen molar-refractivity contribution in [2.24, 2.45) is 0 Å². The summed E-state index contributed by atoms with van der Waals surface area (Å²) in [5.74, 6) is 5.73. The van der Waals surface area contributed by atoms with Crippen LogP contribution in [0.4, 0.5) is 0 Å². The molecule has 3 heteroatoms. The van der Waals surface area contributed by atoms with Gasteiger partial charge in [0.1, 0.15) is 6.61 Å². The van der Waals surface area contributed by atoms with Gasteiger partial charge in [0, 0.05) is 13.0 Å². The van der Waals surface area contributed by atoms with E-state index in [0.29, 0.717) is 0 Å². The highest BCUT2D eigenvalue weighted by molar-refractivity contribution is 6.99. The van der Waals surface area contributed by atoms with Gasteiger partial charge in [-0.15, -0.1) is 5.92 Å². The highest BCUT2D eigenvalue weighted by Gasteiger charge is 2.49. The molecule has 2 nitrogen and oxygen atoms in total. The van der Waals surface area contributed by atoms with Crippen LogP contribution < -0.4 is 10.4 Å². The molecule has 0 aliphatic carbocycles. The van der Waals surface area contributed by atoms with Crippen LogP contribution in [0.25, 0.3) is 0 Å². The minimum Gasteiger partial charge on any atom is -0.407 e. The van der Waals surface area contributed by atoms with Crippen molar-refractivity contribution in [1.29, 1.82) is 0 Å².